The number of aliphatic hydroxyl groups excluding tert-OH is 1. The molecule has 1 aromatic rings. The third-order valence-electron chi connectivity index (χ3n) is 2.96. The molecule has 4 heteroatoms. The topological polar surface area (TPSA) is 49.3 Å². The first kappa shape index (κ1) is 16.1. The molecular weight excluding hydrogens is 258 g/mol. The first-order valence-corrected chi connectivity index (χ1v) is 7.79. The van der Waals surface area contributed by atoms with Crippen molar-refractivity contribution in [2.45, 2.75) is 43.8 Å². The molecule has 1 aromatic carbocycles. The van der Waals surface area contributed by atoms with Gasteiger partial charge < -0.3 is 10.4 Å². The SMILES string of the molecule is CCC(O)CCNC(=O)C(C)SCc1ccccc1. The van der Waals surface area contributed by atoms with Crippen LogP contribution in [0.3, 0.4) is 0 Å². The van der Waals surface area contributed by atoms with Crippen molar-refractivity contribution in [3.8, 4) is 0 Å². The van der Waals surface area contributed by atoms with Crippen LogP contribution in [-0.2, 0) is 10.5 Å². The van der Waals surface area contributed by atoms with Crippen molar-refractivity contribution in [2.24, 2.45) is 0 Å². The molecule has 0 aliphatic heterocycles. The molecule has 2 N–H and O–H groups in total. The molecular formula is C15H23NO2S. The van der Waals surface area contributed by atoms with E-state index in [2.05, 4.69) is 17.4 Å². The third-order valence-corrected chi connectivity index (χ3v) is 4.17. The van der Waals surface area contributed by atoms with Crippen molar-refractivity contribution in [3.05, 3.63) is 35.9 Å². The standard InChI is InChI=1S/C15H23NO2S/c1-3-14(17)9-10-16-15(18)12(2)19-11-13-7-5-4-6-8-13/h4-8,12,14,17H,3,9-11H2,1-2H3,(H,16,18). The summed E-state index contributed by atoms with van der Waals surface area (Å²) >= 11 is 1.63. The zero-order chi connectivity index (χ0) is 14.1. The van der Waals surface area contributed by atoms with E-state index >= 15 is 0 Å². The first-order valence-electron chi connectivity index (χ1n) is 6.74. The maximum atomic E-state index is 11.8. The summed E-state index contributed by atoms with van der Waals surface area (Å²) in [6.45, 7) is 4.40. The van der Waals surface area contributed by atoms with Crippen LogP contribution in [0.15, 0.2) is 30.3 Å². The number of nitrogens with one attached hydrogen (secondary N) is 1. The van der Waals surface area contributed by atoms with Crippen LogP contribution in [0.4, 0.5) is 0 Å². The molecule has 19 heavy (non-hydrogen) atoms. The Morgan fingerprint density at radius 1 is 1.37 bits per heavy atom. The highest BCUT2D eigenvalue weighted by Gasteiger charge is 2.13. The highest BCUT2D eigenvalue weighted by Crippen LogP contribution is 2.17. The summed E-state index contributed by atoms with van der Waals surface area (Å²) in [5.41, 5.74) is 1.23. The fourth-order valence-electron chi connectivity index (χ4n) is 1.58. The monoisotopic (exact) mass is 281 g/mol. The molecule has 0 aliphatic carbocycles. The largest absolute Gasteiger partial charge is 0.393 e. The highest BCUT2D eigenvalue weighted by molar-refractivity contribution is 7.99. The second kappa shape index (κ2) is 8.99. The van der Waals surface area contributed by atoms with Gasteiger partial charge in [-0.05, 0) is 25.3 Å². The smallest absolute Gasteiger partial charge is 0.232 e. The molecule has 3 nitrogen and oxygen atoms in total. The predicted octanol–water partition coefficient (Wildman–Crippen LogP) is 2.59. The van der Waals surface area contributed by atoms with Crippen molar-refractivity contribution >= 4 is 17.7 Å². The van der Waals surface area contributed by atoms with Crippen molar-refractivity contribution < 1.29 is 9.90 Å². The summed E-state index contributed by atoms with van der Waals surface area (Å²) in [7, 11) is 0. The number of benzene rings is 1. The number of aliphatic hydroxyl groups is 1. The number of thioether (sulfide) groups is 1. The van der Waals surface area contributed by atoms with Crippen LogP contribution in [-0.4, -0.2) is 28.9 Å². The van der Waals surface area contributed by atoms with Crippen molar-refractivity contribution in [2.75, 3.05) is 6.54 Å². The molecule has 0 aliphatic rings. The predicted molar refractivity (Wildman–Crippen MR) is 81.1 cm³/mol. The van der Waals surface area contributed by atoms with Gasteiger partial charge in [-0.25, -0.2) is 0 Å². The van der Waals surface area contributed by atoms with E-state index in [0.29, 0.717) is 13.0 Å². The summed E-state index contributed by atoms with van der Waals surface area (Å²) in [4.78, 5) is 11.8. The zero-order valence-corrected chi connectivity index (χ0v) is 12.5. The van der Waals surface area contributed by atoms with E-state index in [1.54, 1.807) is 11.8 Å². The average molecular weight is 281 g/mol. The molecule has 0 aromatic heterocycles. The van der Waals surface area contributed by atoms with Gasteiger partial charge in [0.25, 0.3) is 0 Å². The van der Waals surface area contributed by atoms with Crippen molar-refractivity contribution in [1.29, 1.82) is 0 Å². The number of hydrogen-bond donors (Lipinski definition) is 2. The number of carbonyl (C=O) groups is 1. The maximum absolute atomic E-state index is 11.8. The number of carbonyl (C=O) groups excluding carboxylic acids is 1. The Bertz CT molecular complexity index is 370. The van der Waals surface area contributed by atoms with Gasteiger partial charge in [0.1, 0.15) is 0 Å². The minimum absolute atomic E-state index is 0.0456. The van der Waals surface area contributed by atoms with Gasteiger partial charge in [-0.15, -0.1) is 11.8 Å². The van der Waals surface area contributed by atoms with E-state index in [0.717, 1.165) is 12.2 Å². The second-order valence-electron chi connectivity index (χ2n) is 4.58. The Morgan fingerprint density at radius 2 is 2.05 bits per heavy atom. The normalized spacial score (nSPS) is 13.8. The summed E-state index contributed by atoms with van der Waals surface area (Å²) in [5, 5.41) is 12.2. The van der Waals surface area contributed by atoms with E-state index in [1.807, 2.05) is 32.0 Å². The van der Waals surface area contributed by atoms with Crippen molar-refractivity contribution in [1.82, 2.24) is 5.32 Å². The van der Waals surface area contributed by atoms with E-state index in [-0.39, 0.29) is 17.3 Å². The molecule has 0 bridgehead atoms. The maximum Gasteiger partial charge on any atom is 0.232 e. The molecule has 1 amide bonds. The second-order valence-corrected chi connectivity index (χ2v) is 5.91. The zero-order valence-electron chi connectivity index (χ0n) is 11.6. The van der Waals surface area contributed by atoms with Crippen LogP contribution in [0, 0.1) is 0 Å². The first-order chi connectivity index (χ1) is 9.13. The highest BCUT2D eigenvalue weighted by atomic mass is 32.2. The Balaban J connectivity index is 2.21. The van der Waals surface area contributed by atoms with Gasteiger partial charge in [0, 0.05) is 12.3 Å². The summed E-state index contributed by atoms with van der Waals surface area (Å²) in [6, 6.07) is 10.1. The summed E-state index contributed by atoms with van der Waals surface area (Å²) < 4.78 is 0. The molecule has 0 saturated carbocycles. The van der Waals surface area contributed by atoms with E-state index in [9.17, 15) is 9.90 Å². The van der Waals surface area contributed by atoms with Gasteiger partial charge in [-0.1, -0.05) is 37.3 Å². The molecule has 0 spiro atoms. The molecule has 0 fully saturated rings. The van der Waals surface area contributed by atoms with Gasteiger partial charge in [0.2, 0.25) is 5.91 Å². The average Bonchev–Trinajstić information content (AvgIpc) is 2.45. The molecule has 2 unspecified atom stereocenters. The quantitative estimate of drug-likeness (QED) is 0.770. The van der Waals surface area contributed by atoms with Crippen LogP contribution >= 0.6 is 11.8 Å². The van der Waals surface area contributed by atoms with E-state index in [1.165, 1.54) is 5.56 Å². The van der Waals surface area contributed by atoms with Gasteiger partial charge in [0.05, 0.1) is 11.4 Å². The van der Waals surface area contributed by atoms with Crippen LogP contribution in [0.1, 0.15) is 32.3 Å². The van der Waals surface area contributed by atoms with Gasteiger partial charge >= 0.3 is 0 Å². The lowest BCUT2D eigenvalue weighted by Gasteiger charge is -2.13. The van der Waals surface area contributed by atoms with Crippen LogP contribution in [0.2, 0.25) is 0 Å². The number of hydrogen-bond acceptors (Lipinski definition) is 3. The lowest BCUT2D eigenvalue weighted by Crippen LogP contribution is -2.33. The van der Waals surface area contributed by atoms with Crippen LogP contribution < -0.4 is 5.32 Å². The fraction of sp³-hybridized carbons (Fsp3) is 0.533. The van der Waals surface area contributed by atoms with E-state index in [4.69, 9.17) is 0 Å². The van der Waals surface area contributed by atoms with Crippen LogP contribution in [0.25, 0.3) is 0 Å². The summed E-state index contributed by atoms with van der Waals surface area (Å²) in [6.07, 6.45) is 1.04. The number of amides is 1. The Labute approximate surface area is 119 Å². The number of rotatable bonds is 8. The molecule has 1 rings (SSSR count). The fourth-order valence-corrected chi connectivity index (χ4v) is 2.45. The molecule has 0 saturated heterocycles. The van der Waals surface area contributed by atoms with Gasteiger partial charge in [-0.2, -0.15) is 0 Å². The molecule has 0 heterocycles. The van der Waals surface area contributed by atoms with E-state index < -0.39 is 0 Å². The third kappa shape index (κ3) is 6.64. The minimum Gasteiger partial charge on any atom is -0.393 e. The minimum atomic E-state index is -0.312. The molecule has 106 valence electrons. The van der Waals surface area contributed by atoms with Crippen LogP contribution in [0.5, 0.6) is 0 Å². The Kier molecular flexibility index (Phi) is 7.60. The Hall–Kier alpha value is -1.00. The lowest BCUT2D eigenvalue weighted by atomic mass is 10.2. The lowest BCUT2D eigenvalue weighted by molar-refractivity contribution is -0.120. The van der Waals surface area contributed by atoms with Crippen molar-refractivity contribution in [3.63, 3.8) is 0 Å². The van der Waals surface area contributed by atoms with Gasteiger partial charge in [-0.3, -0.25) is 4.79 Å². The Morgan fingerprint density at radius 3 is 2.68 bits per heavy atom. The summed E-state index contributed by atoms with van der Waals surface area (Å²) in [5.74, 6) is 0.886. The molecule has 2 atom stereocenters. The molecule has 0 radical (unpaired) electrons. The van der Waals surface area contributed by atoms with Gasteiger partial charge in [0.15, 0.2) is 0 Å².